The number of nitrogens with zero attached hydrogens (tertiary/aromatic N) is 2. The Hall–Kier alpha value is -2.36. The quantitative estimate of drug-likeness (QED) is 0.339. The molecule has 0 aliphatic heterocycles. The van der Waals surface area contributed by atoms with Crippen molar-refractivity contribution in [2.24, 2.45) is 0 Å². The van der Waals surface area contributed by atoms with E-state index < -0.39 is 12.1 Å². The van der Waals surface area contributed by atoms with Gasteiger partial charge in [-0.1, -0.05) is 48.3 Å². The lowest BCUT2D eigenvalue weighted by Crippen LogP contribution is -2.17. The van der Waals surface area contributed by atoms with Crippen molar-refractivity contribution in [1.29, 1.82) is 0 Å². The first kappa shape index (κ1) is 24.3. The summed E-state index contributed by atoms with van der Waals surface area (Å²) in [5, 5.41) is 8.07. The first-order valence-electron chi connectivity index (χ1n) is 9.46. The first-order valence-corrected chi connectivity index (χ1v) is 11.2. The van der Waals surface area contributed by atoms with Crippen LogP contribution in [0.2, 0.25) is 10.0 Å². The Labute approximate surface area is 196 Å². The second-order valence-corrected chi connectivity index (χ2v) is 8.61. The van der Waals surface area contributed by atoms with Crippen molar-refractivity contribution in [2.45, 2.75) is 31.3 Å². The molecule has 0 atom stereocenters. The van der Waals surface area contributed by atoms with Gasteiger partial charge in [0.1, 0.15) is 10.8 Å². The third-order valence-electron chi connectivity index (χ3n) is 4.18. The molecular weight excluding hydrogens is 486 g/mol. The van der Waals surface area contributed by atoms with Gasteiger partial charge in [0.15, 0.2) is 0 Å². The molecular formula is C21H18Cl2F3N3O2S. The molecule has 0 saturated carbocycles. The molecule has 3 rings (SSSR count). The molecule has 0 bridgehead atoms. The van der Waals surface area contributed by atoms with E-state index in [0.29, 0.717) is 12.2 Å². The van der Waals surface area contributed by atoms with Crippen molar-refractivity contribution in [3.8, 4) is 16.9 Å². The summed E-state index contributed by atoms with van der Waals surface area (Å²) in [6, 6.07) is 10.3. The number of para-hydroxylation sites is 1. The lowest BCUT2D eigenvalue weighted by atomic mass is 10.0. The molecule has 32 heavy (non-hydrogen) atoms. The predicted octanol–water partition coefficient (Wildman–Crippen LogP) is 6.90. The number of aryl methyl sites for hydroxylation is 1. The van der Waals surface area contributed by atoms with Gasteiger partial charge in [-0.25, -0.2) is 0 Å². The van der Waals surface area contributed by atoms with Gasteiger partial charge in [0.25, 0.3) is 0 Å². The molecule has 0 saturated heterocycles. The highest BCUT2D eigenvalue weighted by Gasteiger charge is 2.32. The molecule has 1 N–H and O–H groups in total. The van der Waals surface area contributed by atoms with E-state index in [1.807, 2.05) is 13.0 Å². The molecule has 0 radical (unpaired) electrons. The minimum absolute atomic E-state index is 0.0688. The Morgan fingerprint density at radius 2 is 1.88 bits per heavy atom. The second-order valence-electron chi connectivity index (χ2n) is 6.51. The van der Waals surface area contributed by atoms with Gasteiger partial charge >= 0.3 is 6.36 Å². The number of anilines is 1. The molecule has 0 spiro atoms. The number of alkyl halides is 3. The van der Waals surface area contributed by atoms with E-state index >= 15 is 0 Å². The van der Waals surface area contributed by atoms with E-state index in [1.165, 1.54) is 30.3 Å². The van der Waals surface area contributed by atoms with E-state index in [2.05, 4.69) is 15.2 Å². The minimum Gasteiger partial charge on any atom is -0.405 e. The van der Waals surface area contributed by atoms with E-state index in [1.54, 1.807) is 28.7 Å². The van der Waals surface area contributed by atoms with Crippen LogP contribution in [0.4, 0.5) is 18.9 Å². The normalized spacial score (nSPS) is 11.4. The summed E-state index contributed by atoms with van der Waals surface area (Å²) < 4.78 is 44.0. The van der Waals surface area contributed by atoms with Crippen molar-refractivity contribution >= 4 is 46.6 Å². The molecule has 11 heteroatoms. The number of carbonyl (C=O) groups is 1. The largest absolute Gasteiger partial charge is 0.573 e. The third kappa shape index (κ3) is 6.57. The monoisotopic (exact) mass is 503 g/mol. The Morgan fingerprint density at radius 3 is 2.53 bits per heavy atom. The predicted molar refractivity (Wildman–Crippen MR) is 120 cm³/mol. The van der Waals surface area contributed by atoms with Crippen molar-refractivity contribution in [1.82, 2.24) is 9.78 Å². The lowest BCUT2D eigenvalue weighted by molar-refractivity contribution is -0.274. The summed E-state index contributed by atoms with van der Waals surface area (Å²) in [6.07, 6.45) is -2.90. The zero-order valence-electron chi connectivity index (χ0n) is 16.7. The molecule has 0 aliphatic carbocycles. The van der Waals surface area contributed by atoms with Crippen LogP contribution in [-0.2, 0) is 11.3 Å². The van der Waals surface area contributed by atoms with E-state index in [0.717, 1.165) is 10.8 Å². The van der Waals surface area contributed by atoms with Gasteiger partial charge in [-0.05, 0) is 30.0 Å². The molecule has 0 fully saturated rings. The number of carbonyl (C=O) groups excluding carboxylic acids is 1. The van der Waals surface area contributed by atoms with E-state index in [9.17, 15) is 18.0 Å². The van der Waals surface area contributed by atoms with Gasteiger partial charge in [-0.15, -0.1) is 24.9 Å². The molecule has 0 unspecified atom stereocenters. The van der Waals surface area contributed by atoms with Crippen LogP contribution in [0.15, 0.2) is 53.7 Å². The van der Waals surface area contributed by atoms with Crippen molar-refractivity contribution in [2.75, 3.05) is 11.1 Å². The average Bonchev–Trinajstić information content (AvgIpc) is 3.14. The van der Waals surface area contributed by atoms with Crippen molar-refractivity contribution in [3.63, 3.8) is 0 Å². The number of hydrogen-bond donors (Lipinski definition) is 1. The van der Waals surface area contributed by atoms with Crippen LogP contribution < -0.4 is 10.1 Å². The highest BCUT2D eigenvalue weighted by molar-refractivity contribution is 7.99. The topological polar surface area (TPSA) is 56.2 Å². The summed E-state index contributed by atoms with van der Waals surface area (Å²) in [5.74, 6) is 0.188. The van der Waals surface area contributed by atoms with Crippen LogP contribution in [0, 0.1) is 0 Å². The van der Waals surface area contributed by atoms with Gasteiger partial charge < -0.3 is 10.1 Å². The SMILES string of the molecule is CCSc1ccn(CCC(=O)Nc2cc(Cl)c(-c3ccccc3OC(F)(F)F)c(Cl)c2)n1. The van der Waals surface area contributed by atoms with Crippen LogP contribution in [-0.4, -0.2) is 27.8 Å². The fourth-order valence-corrected chi connectivity index (χ4v) is 4.23. The molecule has 3 aromatic rings. The lowest BCUT2D eigenvalue weighted by Gasteiger charge is -2.16. The number of ether oxygens (including phenoxy) is 1. The first-order chi connectivity index (χ1) is 15.2. The maximum Gasteiger partial charge on any atom is 0.573 e. The smallest absolute Gasteiger partial charge is 0.405 e. The molecule has 0 aliphatic rings. The number of benzene rings is 2. The van der Waals surface area contributed by atoms with Gasteiger partial charge in [0, 0.05) is 36.0 Å². The molecule has 1 amide bonds. The maximum atomic E-state index is 12.7. The number of hydrogen-bond acceptors (Lipinski definition) is 4. The minimum atomic E-state index is -4.87. The summed E-state index contributed by atoms with van der Waals surface area (Å²) in [4.78, 5) is 12.3. The number of amides is 1. The fourth-order valence-electron chi connectivity index (χ4n) is 2.92. The van der Waals surface area contributed by atoms with Crippen LogP contribution in [0.3, 0.4) is 0 Å². The van der Waals surface area contributed by atoms with Crippen LogP contribution in [0.1, 0.15) is 13.3 Å². The summed E-state index contributed by atoms with van der Waals surface area (Å²) in [5.41, 5.74) is 0.575. The Balaban J connectivity index is 1.73. The van der Waals surface area contributed by atoms with E-state index in [-0.39, 0.29) is 33.5 Å². The standard InChI is InChI=1S/C21H18Cl2F3N3O2S/c1-2-32-19-8-10-29(28-19)9-7-18(30)27-13-11-15(22)20(16(23)12-13)14-5-3-4-6-17(14)31-21(24,25)26/h3-6,8,10-12H,2,7,9H2,1H3,(H,27,30). The zero-order chi connectivity index (χ0) is 23.3. The summed E-state index contributed by atoms with van der Waals surface area (Å²) >= 11 is 14.2. The second kappa shape index (κ2) is 10.5. The number of aromatic nitrogens is 2. The highest BCUT2D eigenvalue weighted by atomic mass is 35.5. The van der Waals surface area contributed by atoms with Gasteiger partial charge in [-0.2, -0.15) is 5.10 Å². The zero-order valence-corrected chi connectivity index (χ0v) is 19.1. The maximum absolute atomic E-state index is 12.7. The Kier molecular flexibility index (Phi) is 7.97. The highest BCUT2D eigenvalue weighted by Crippen LogP contribution is 2.42. The van der Waals surface area contributed by atoms with Crippen molar-refractivity contribution < 1.29 is 22.7 Å². The Bertz CT molecular complexity index is 1080. The van der Waals surface area contributed by atoms with E-state index in [4.69, 9.17) is 23.2 Å². The summed E-state index contributed by atoms with van der Waals surface area (Å²) in [6.45, 7) is 2.42. The Morgan fingerprint density at radius 1 is 1.19 bits per heavy atom. The van der Waals surface area contributed by atoms with Crippen molar-refractivity contribution in [3.05, 3.63) is 58.7 Å². The van der Waals surface area contributed by atoms with Crippen LogP contribution in [0.5, 0.6) is 5.75 Å². The fraction of sp³-hybridized carbons (Fsp3) is 0.238. The number of nitrogens with one attached hydrogen (secondary N) is 1. The molecule has 1 aromatic heterocycles. The van der Waals surface area contributed by atoms with Crippen LogP contribution in [0.25, 0.3) is 11.1 Å². The van der Waals surface area contributed by atoms with Gasteiger partial charge in [0.05, 0.1) is 10.0 Å². The number of halogens is 5. The van der Waals surface area contributed by atoms with Gasteiger partial charge in [0.2, 0.25) is 5.91 Å². The molecule has 1 heterocycles. The number of thioether (sulfide) groups is 1. The number of rotatable bonds is 8. The molecule has 5 nitrogen and oxygen atoms in total. The third-order valence-corrected chi connectivity index (χ3v) is 5.58. The molecule has 170 valence electrons. The van der Waals surface area contributed by atoms with Crippen LogP contribution >= 0.6 is 35.0 Å². The average molecular weight is 504 g/mol. The van der Waals surface area contributed by atoms with Gasteiger partial charge in [-0.3, -0.25) is 9.48 Å². The molecule has 2 aromatic carbocycles. The summed E-state index contributed by atoms with van der Waals surface area (Å²) in [7, 11) is 0.